The van der Waals surface area contributed by atoms with Gasteiger partial charge in [0.1, 0.15) is 0 Å². The SMILES string of the molecule is CC(C)=CCP(=O)(O)O[P+](=O)O. The van der Waals surface area contributed by atoms with Crippen molar-refractivity contribution in [3.63, 3.8) is 0 Å². The predicted molar refractivity (Wildman–Crippen MR) is 45.0 cm³/mol. The lowest BCUT2D eigenvalue weighted by molar-refractivity contribution is 0.352. The molecule has 0 aliphatic rings. The van der Waals surface area contributed by atoms with E-state index in [0.29, 0.717) is 0 Å². The van der Waals surface area contributed by atoms with Gasteiger partial charge in [-0.3, -0.25) is 4.57 Å². The van der Waals surface area contributed by atoms with Crippen molar-refractivity contribution in [2.75, 3.05) is 6.16 Å². The summed E-state index contributed by atoms with van der Waals surface area (Å²) in [5, 5.41) is 0. The van der Waals surface area contributed by atoms with Crippen LogP contribution in [0.1, 0.15) is 13.8 Å². The zero-order valence-corrected chi connectivity index (χ0v) is 8.59. The van der Waals surface area contributed by atoms with E-state index in [-0.39, 0.29) is 6.16 Å². The highest BCUT2D eigenvalue weighted by Crippen LogP contribution is 2.49. The second-order valence-corrected chi connectivity index (χ2v) is 5.19. The molecule has 12 heavy (non-hydrogen) atoms. The Morgan fingerprint density at radius 3 is 2.50 bits per heavy atom. The van der Waals surface area contributed by atoms with Crippen LogP contribution in [0.15, 0.2) is 11.6 Å². The number of rotatable bonds is 4. The van der Waals surface area contributed by atoms with Gasteiger partial charge in [0.2, 0.25) is 0 Å². The Morgan fingerprint density at radius 1 is 1.67 bits per heavy atom. The molecule has 0 fully saturated rings. The molecule has 0 saturated carbocycles. The van der Waals surface area contributed by atoms with Gasteiger partial charge >= 0.3 is 15.9 Å². The first-order chi connectivity index (χ1) is 5.33. The molecule has 0 aromatic rings. The van der Waals surface area contributed by atoms with E-state index >= 15 is 0 Å². The summed E-state index contributed by atoms with van der Waals surface area (Å²) in [6.07, 6.45) is 1.23. The largest absolute Gasteiger partial charge is 0.703 e. The minimum absolute atomic E-state index is 0.239. The van der Waals surface area contributed by atoms with Crippen molar-refractivity contribution in [1.29, 1.82) is 0 Å². The van der Waals surface area contributed by atoms with Crippen LogP contribution < -0.4 is 0 Å². The van der Waals surface area contributed by atoms with E-state index in [2.05, 4.69) is 4.31 Å². The van der Waals surface area contributed by atoms with E-state index in [1.54, 1.807) is 13.8 Å². The van der Waals surface area contributed by atoms with Crippen molar-refractivity contribution in [2.45, 2.75) is 13.8 Å². The van der Waals surface area contributed by atoms with Gasteiger partial charge in [-0.2, -0.15) is 0 Å². The molecule has 0 bridgehead atoms. The molecule has 0 spiro atoms. The Kier molecular flexibility index (Phi) is 4.83. The Bertz CT molecular complexity index is 242. The fraction of sp³-hybridized carbons (Fsp3) is 0.600. The number of allylic oxidation sites excluding steroid dienone is 2. The third-order valence-corrected chi connectivity index (χ3v) is 3.15. The third-order valence-electron chi connectivity index (χ3n) is 0.928. The van der Waals surface area contributed by atoms with Gasteiger partial charge < -0.3 is 4.89 Å². The lowest BCUT2D eigenvalue weighted by Crippen LogP contribution is -1.86. The van der Waals surface area contributed by atoms with Crippen LogP contribution in [0, 0.1) is 0 Å². The number of hydrogen-bond acceptors (Lipinski definition) is 3. The summed E-state index contributed by atoms with van der Waals surface area (Å²) < 4.78 is 24.8. The van der Waals surface area contributed by atoms with Crippen LogP contribution in [0.5, 0.6) is 0 Å². The summed E-state index contributed by atoms with van der Waals surface area (Å²) in [5.41, 5.74) is 0.848. The van der Waals surface area contributed by atoms with Gasteiger partial charge in [0, 0.05) is 4.57 Å². The van der Waals surface area contributed by atoms with Crippen LogP contribution in [-0.2, 0) is 13.4 Å². The summed E-state index contributed by atoms with van der Waals surface area (Å²) in [5.74, 6) is 0. The van der Waals surface area contributed by atoms with Crippen LogP contribution in [0.2, 0.25) is 0 Å². The van der Waals surface area contributed by atoms with Gasteiger partial charge in [-0.1, -0.05) is 11.6 Å². The van der Waals surface area contributed by atoms with E-state index in [1.807, 2.05) is 0 Å². The van der Waals surface area contributed by atoms with Crippen molar-refractivity contribution >= 4 is 15.9 Å². The Morgan fingerprint density at radius 2 is 2.17 bits per heavy atom. The molecule has 0 aliphatic carbocycles. The molecule has 0 aromatic carbocycles. The predicted octanol–water partition coefficient (Wildman–Crippen LogP) is 1.80. The molecule has 0 radical (unpaired) electrons. The second kappa shape index (κ2) is 4.85. The quantitative estimate of drug-likeness (QED) is 0.549. The lowest BCUT2D eigenvalue weighted by Gasteiger charge is -1.98. The summed E-state index contributed by atoms with van der Waals surface area (Å²) >= 11 is 0. The monoisotopic (exact) mass is 213 g/mol. The lowest BCUT2D eigenvalue weighted by atomic mass is 10.3. The van der Waals surface area contributed by atoms with Crippen molar-refractivity contribution in [3.8, 4) is 0 Å². The molecule has 5 nitrogen and oxygen atoms in total. The van der Waals surface area contributed by atoms with Crippen LogP contribution in [0.25, 0.3) is 0 Å². The van der Waals surface area contributed by atoms with Crippen LogP contribution in [0.3, 0.4) is 0 Å². The molecular formula is C5H11O5P2+. The average Bonchev–Trinajstić information content (AvgIpc) is 1.81. The molecule has 0 aliphatic heterocycles. The van der Waals surface area contributed by atoms with Crippen molar-refractivity contribution in [2.24, 2.45) is 0 Å². The second-order valence-electron chi connectivity index (χ2n) is 2.42. The molecule has 0 amide bonds. The zero-order chi connectivity index (χ0) is 9.78. The van der Waals surface area contributed by atoms with Crippen LogP contribution in [0.4, 0.5) is 0 Å². The highest BCUT2D eigenvalue weighted by Gasteiger charge is 2.31. The summed E-state index contributed by atoms with van der Waals surface area (Å²) in [6, 6.07) is 0. The van der Waals surface area contributed by atoms with Crippen LogP contribution in [-0.4, -0.2) is 15.9 Å². The zero-order valence-electron chi connectivity index (χ0n) is 6.80. The van der Waals surface area contributed by atoms with E-state index in [4.69, 9.17) is 9.79 Å². The fourth-order valence-electron chi connectivity index (χ4n) is 0.440. The summed E-state index contributed by atoms with van der Waals surface area (Å²) in [4.78, 5) is 17.1. The molecule has 0 saturated heterocycles. The first-order valence-electron chi connectivity index (χ1n) is 3.14. The maximum absolute atomic E-state index is 10.9. The maximum Gasteiger partial charge on any atom is 0.703 e. The Labute approximate surface area is 71.6 Å². The standard InChI is InChI=1S/C5H10O5P2/c1-5(2)3-4-12(8,9)10-11(6)7/h3H,4H2,1-2H3,(H-,6,7,8,9)/p+1. The highest BCUT2D eigenvalue weighted by molar-refractivity contribution is 7.59. The van der Waals surface area contributed by atoms with Crippen LogP contribution >= 0.6 is 15.9 Å². The first kappa shape index (κ1) is 11.9. The fourth-order valence-corrected chi connectivity index (χ4v) is 2.18. The summed E-state index contributed by atoms with van der Waals surface area (Å²) in [6.45, 7) is 3.50. The molecule has 2 unspecified atom stereocenters. The minimum Gasteiger partial charge on any atom is -0.321 e. The normalized spacial score (nSPS) is 16.5. The first-order valence-corrected chi connectivity index (χ1v) is 6.04. The molecule has 70 valence electrons. The summed E-state index contributed by atoms with van der Waals surface area (Å²) in [7, 11) is -6.92. The van der Waals surface area contributed by atoms with E-state index in [1.165, 1.54) is 6.08 Å². The van der Waals surface area contributed by atoms with Gasteiger partial charge in [-0.15, -0.1) is 4.89 Å². The van der Waals surface area contributed by atoms with Gasteiger partial charge in [-0.05, 0) is 18.2 Å². The molecule has 7 heteroatoms. The number of hydrogen-bond donors (Lipinski definition) is 2. The molecular weight excluding hydrogens is 202 g/mol. The van der Waals surface area contributed by atoms with E-state index in [9.17, 15) is 9.13 Å². The smallest absolute Gasteiger partial charge is 0.321 e. The highest BCUT2D eigenvalue weighted by atomic mass is 31.2. The Hall–Kier alpha value is -0.0500. The molecule has 0 heterocycles. The molecule has 0 rings (SSSR count). The molecule has 2 N–H and O–H groups in total. The van der Waals surface area contributed by atoms with E-state index in [0.717, 1.165) is 5.57 Å². The van der Waals surface area contributed by atoms with Crippen molar-refractivity contribution in [3.05, 3.63) is 11.6 Å². The van der Waals surface area contributed by atoms with Gasteiger partial charge in [-0.25, -0.2) is 0 Å². The molecule has 0 aromatic heterocycles. The molecule has 2 atom stereocenters. The van der Waals surface area contributed by atoms with Gasteiger partial charge in [0.05, 0.1) is 6.16 Å². The maximum atomic E-state index is 10.9. The van der Waals surface area contributed by atoms with Gasteiger partial charge in [0.15, 0.2) is 0 Å². The third kappa shape index (κ3) is 6.65. The Balaban J connectivity index is 4.15. The minimum atomic E-state index is -3.91. The average molecular weight is 213 g/mol. The topological polar surface area (TPSA) is 83.8 Å². The van der Waals surface area contributed by atoms with Gasteiger partial charge in [0.25, 0.3) is 0 Å². The van der Waals surface area contributed by atoms with Crippen molar-refractivity contribution < 1.29 is 23.2 Å². The van der Waals surface area contributed by atoms with Crippen molar-refractivity contribution in [1.82, 2.24) is 0 Å². The van der Waals surface area contributed by atoms with E-state index < -0.39 is 15.9 Å².